The van der Waals surface area contributed by atoms with E-state index in [1.165, 1.54) is 50.3 Å². The molecule has 0 aromatic rings. The average molecular weight is 242 g/mol. The minimum atomic E-state index is 0.663. The smallest absolute Gasteiger partial charge is 0.0254 e. The van der Waals surface area contributed by atoms with Crippen LogP contribution in [-0.4, -0.2) is 42.1 Å². The minimum absolute atomic E-state index is 0.663. The fourth-order valence-electron chi connectivity index (χ4n) is 2.81. The zero-order valence-corrected chi connectivity index (χ0v) is 11.3. The number of nitrogens with zero attached hydrogens (tertiary/aromatic N) is 1. The first-order valence-electron chi connectivity index (χ1n) is 6.87. The third kappa shape index (κ3) is 3.38. The molecule has 2 N–H and O–H groups in total. The van der Waals surface area contributed by atoms with Gasteiger partial charge in [0, 0.05) is 19.1 Å². The molecule has 94 valence electrons. The molecule has 1 aliphatic carbocycles. The molecule has 2 fully saturated rings. The Hall–Kier alpha value is 0.270. The van der Waals surface area contributed by atoms with Crippen LogP contribution >= 0.6 is 11.8 Å². The SMILES string of the molecule is CCCN(CC1CC1)C(CN)C1CCSC1. The zero-order valence-electron chi connectivity index (χ0n) is 10.5. The van der Waals surface area contributed by atoms with Crippen LogP contribution in [-0.2, 0) is 0 Å². The van der Waals surface area contributed by atoms with Crippen molar-refractivity contribution < 1.29 is 0 Å². The standard InChI is InChI=1S/C13H26N2S/c1-2-6-15(9-11-3-4-11)13(8-14)12-5-7-16-10-12/h11-13H,2-10,14H2,1H3. The van der Waals surface area contributed by atoms with Gasteiger partial charge in [-0.2, -0.15) is 11.8 Å². The second kappa shape index (κ2) is 6.27. The first-order chi connectivity index (χ1) is 7.85. The largest absolute Gasteiger partial charge is 0.329 e. The van der Waals surface area contributed by atoms with E-state index in [4.69, 9.17) is 5.73 Å². The summed E-state index contributed by atoms with van der Waals surface area (Å²) in [6.07, 6.45) is 5.56. The summed E-state index contributed by atoms with van der Waals surface area (Å²) in [5.74, 6) is 4.55. The van der Waals surface area contributed by atoms with Crippen molar-refractivity contribution in [1.29, 1.82) is 0 Å². The fourth-order valence-corrected chi connectivity index (χ4v) is 4.14. The van der Waals surface area contributed by atoms with Crippen LogP contribution in [0, 0.1) is 11.8 Å². The van der Waals surface area contributed by atoms with Gasteiger partial charge >= 0.3 is 0 Å². The predicted octanol–water partition coefficient (Wildman–Crippen LogP) is 2.19. The average Bonchev–Trinajstić information content (AvgIpc) is 2.94. The van der Waals surface area contributed by atoms with Crippen LogP contribution in [0.4, 0.5) is 0 Å². The molecule has 2 unspecified atom stereocenters. The van der Waals surface area contributed by atoms with Gasteiger partial charge in [-0.1, -0.05) is 6.92 Å². The molecule has 2 aliphatic rings. The first kappa shape index (κ1) is 12.7. The van der Waals surface area contributed by atoms with E-state index in [2.05, 4.69) is 23.6 Å². The van der Waals surface area contributed by atoms with Gasteiger partial charge in [-0.3, -0.25) is 4.90 Å². The Morgan fingerprint density at radius 2 is 2.19 bits per heavy atom. The topological polar surface area (TPSA) is 29.3 Å². The normalized spacial score (nSPS) is 27.6. The van der Waals surface area contributed by atoms with Crippen LogP contribution in [0.15, 0.2) is 0 Å². The third-order valence-corrected chi connectivity index (χ3v) is 5.11. The molecule has 1 aliphatic heterocycles. The summed E-state index contributed by atoms with van der Waals surface area (Å²) >= 11 is 2.11. The van der Waals surface area contributed by atoms with Gasteiger partial charge in [-0.05, 0) is 55.6 Å². The zero-order chi connectivity index (χ0) is 11.4. The highest BCUT2D eigenvalue weighted by molar-refractivity contribution is 7.99. The van der Waals surface area contributed by atoms with Crippen molar-refractivity contribution in [2.75, 3.05) is 31.1 Å². The van der Waals surface area contributed by atoms with Gasteiger partial charge in [-0.25, -0.2) is 0 Å². The lowest BCUT2D eigenvalue weighted by Gasteiger charge is -2.34. The van der Waals surface area contributed by atoms with E-state index in [-0.39, 0.29) is 0 Å². The summed E-state index contributed by atoms with van der Waals surface area (Å²) in [6, 6.07) is 0.663. The van der Waals surface area contributed by atoms with Crippen LogP contribution in [0.5, 0.6) is 0 Å². The molecule has 2 atom stereocenters. The maximum Gasteiger partial charge on any atom is 0.0254 e. The monoisotopic (exact) mass is 242 g/mol. The van der Waals surface area contributed by atoms with Gasteiger partial charge in [0.1, 0.15) is 0 Å². The van der Waals surface area contributed by atoms with Gasteiger partial charge in [-0.15, -0.1) is 0 Å². The van der Waals surface area contributed by atoms with Gasteiger partial charge < -0.3 is 5.73 Å². The molecule has 1 heterocycles. The Balaban J connectivity index is 1.90. The number of hydrogen-bond acceptors (Lipinski definition) is 3. The Kier molecular flexibility index (Phi) is 4.98. The first-order valence-corrected chi connectivity index (χ1v) is 8.02. The lowest BCUT2D eigenvalue weighted by atomic mass is 9.97. The summed E-state index contributed by atoms with van der Waals surface area (Å²) in [7, 11) is 0. The third-order valence-electron chi connectivity index (χ3n) is 3.92. The maximum atomic E-state index is 6.03. The highest BCUT2D eigenvalue weighted by atomic mass is 32.2. The molecule has 0 spiro atoms. The van der Waals surface area contributed by atoms with E-state index in [0.717, 1.165) is 18.4 Å². The van der Waals surface area contributed by atoms with E-state index >= 15 is 0 Å². The number of thioether (sulfide) groups is 1. The van der Waals surface area contributed by atoms with E-state index in [9.17, 15) is 0 Å². The molecular weight excluding hydrogens is 216 g/mol. The lowest BCUT2D eigenvalue weighted by Crippen LogP contribution is -2.47. The number of nitrogens with two attached hydrogens (primary N) is 1. The van der Waals surface area contributed by atoms with Crippen molar-refractivity contribution in [1.82, 2.24) is 4.90 Å². The Labute approximate surface area is 104 Å². The summed E-state index contributed by atoms with van der Waals surface area (Å²) in [6.45, 7) is 5.71. The summed E-state index contributed by atoms with van der Waals surface area (Å²) in [4.78, 5) is 2.70. The van der Waals surface area contributed by atoms with Crippen LogP contribution in [0.2, 0.25) is 0 Å². The summed E-state index contributed by atoms with van der Waals surface area (Å²) in [5.41, 5.74) is 6.03. The fraction of sp³-hybridized carbons (Fsp3) is 1.00. The van der Waals surface area contributed by atoms with Crippen LogP contribution in [0.3, 0.4) is 0 Å². The van der Waals surface area contributed by atoms with Gasteiger partial charge in [0.2, 0.25) is 0 Å². The van der Waals surface area contributed by atoms with Crippen molar-refractivity contribution in [2.24, 2.45) is 17.6 Å². The van der Waals surface area contributed by atoms with Crippen molar-refractivity contribution in [3.63, 3.8) is 0 Å². The summed E-state index contributed by atoms with van der Waals surface area (Å²) in [5, 5.41) is 0. The summed E-state index contributed by atoms with van der Waals surface area (Å²) < 4.78 is 0. The second-order valence-electron chi connectivity index (χ2n) is 5.37. The molecule has 2 nitrogen and oxygen atoms in total. The van der Waals surface area contributed by atoms with Crippen molar-refractivity contribution in [3.05, 3.63) is 0 Å². The van der Waals surface area contributed by atoms with Crippen LogP contribution in [0.1, 0.15) is 32.6 Å². The van der Waals surface area contributed by atoms with Gasteiger partial charge in [0.25, 0.3) is 0 Å². The van der Waals surface area contributed by atoms with Crippen molar-refractivity contribution >= 4 is 11.8 Å². The molecular formula is C13H26N2S. The van der Waals surface area contributed by atoms with E-state index in [1.54, 1.807) is 0 Å². The molecule has 0 aromatic carbocycles. The van der Waals surface area contributed by atoms with Crippen LogP contribution < -0.4 is 5.73 Å². The quantitative estimate of drug-likeness (QED) is 0.742. The Bertz CT molecular complexity index is 200. The molecule has 16 heavy (non-hydrogen) atoms. The van der Waals surface area contributed by atoms with Crippen molar-refractivity contribution in [3.8, 4) is 0 Å². The molecule has 1 saturated heterocycles. The lowest BCUT2D eigenvalue weighted by molar-refractivity contribution is 0.148. The predicted molar refractivity (Wildman–Crippen MR) is 72.9 cm³/mol. The van der Waals surface area contributed by atoms with E-state index in [1.807, 2.05) is 0 Å². The number of hydrogen-bond donors (Lipinski definition) is 1. The van der Waals surface area contributed by atoms with Gasteiger partial charge in [0.05, 0.1) is 0 Å². The molecule has 0 radical (unpaired) electrons. The second-order valence-corrected chi connectivity index (χ2v) is 6.51. The van der Waals surface area contributed by atoms with E-state index < -0.39 is 0 Å². The molecule has 3 heteroatoms. The molecule has 0 aromatic heterocycles. The highest BCUT2D eigenvalue weighted by Crippen LogP contribution is 2.33. The van der Waals surface area contributed by atoms with Crippen molar-refractivity contribution in [2.45, 2.75) is 38.6 Å². The van der Waals surface area contributed by atoms with Crippen LogP contribution in [0.25, 0.3) is 0 Å². The molecule has 1 saturated carbocycles. The van der Waals surface area contributed by atoms with Gasteiger partial charge in [0.15, 0.2) is 0 Å². The minimum Gasteiger partial charge on any atom is -0.329 e. The Morgan fingerprint density at radius 1 is 1.38 bits per heavy atom. The van der Waals surface area contributed by atoms with E-state index in [0.29, 0.717) is 6.04 Å². The molecule has 0 amide bonds. The number of rotatable bonds is 7. The molecule has 2 rings (SSSR count). The molecule has 0 bridgehead atoms. The highest BCUT2D eigenvalue weighted by Gasteiger charge is 2.32. The maximum absolute atomic E-state index is 6.03. The Morgan fingerprint density at radius 3 is 2.69 bits per heavy atom.